The molecule has 0 saturated heterocycles. The lowest BCUT2D eigenvalue weighted by molar-refractivity contribution is 0.104. The fourth-order valence-corrected chi connectivity index (χ4v) is 5.02. The SMILES string of the molecule is Cc1cc(C)cc(N2C=C(C(=O)c3ccccc3)S(=O)(=O)c3ccccc32)c1. The van der Waals surface area contributed by atoms with Crippen LogP contribution in [-0.4, -0.2) is 14.2 Å². The predicted molar refractivity (Wildman–Crippen MR) is 111 cm³/mol. The molecule has 5 heteroatoms. The van der Waals surface area contributed by atoms with E-state index in [1.807, 2.05) is 26.0 Å². The lowest BCUT2D eigenvalue weighted by atomic mass is 10.1. The number of fused-ring (bicyclic) bond motifs is 1. The first-order chi connectivity index (χ1) is 13.4. The second-order valence-corrected chi connectivity index (χ2v) is 8.76. The maximum atomic E-state index is 13.2. The van der Waals surface area contributed by atoms with Gasteiger partial charge in [-0.2, -0.15) is 0 Å². The van der Waals surface area contributed by atoms with E-state index in [0.29, 0.717) is 11.3 Å². The van der Waals surface area contributed by atoms with E-state index in [2.05, 4.69) is 6.07 Å². The molecule has 0 atom stereocenters. The van der Waals surface area contributed by atoms with Crippen molar-refractivity contribution in [2.75, 3.05) is 4.90 Å². The molecule has 1 heterocycles. The number of benzene rings is 3. The Morgan fingerprint density at radius 3 is 2.11 bits per heavy atom. The van der Waals surface area contributed by atoms with E-state index in [-0.39, 0.29) is 9.80 Å². The van der Waals surface area contributed by atoms with Gasteiger partial charge in [0.15, 0.2) is 0 Å². The van der Waals surface area contributed by atoms with Crippen molar-refractivity contribution in [3.8, 4) is 0 Å². The summed E-state index contributed by atoms with van der Waals surface area (Å²) < 4.78 is 26.4. The summed E-state index contributed by atoms with van der Waals surface area (Å²) in [6.45, 7) is 3.98. The maximum Gasteiger partial charge on any atom is 0.214 e. The van der Waals surface area contributed by atoms with Gasteiger partial charge in [0, 0.05) is 17.5 Å². The summed E-state index contributed by atoms with van der Waals surface area (Å²) in [6.07, 6.45) is 1.45. The zero-order valence-corrected chi connectivity index (χ0v) is 16.4. The molecule has 28 heavy (non-hydrogen) atoms. The van der Waals surface area contributed by atoms with Crippen molar-refractivity contribution in [3.05, 3.63) is 101 Å². The molecular formula is C23H19NO3S. The minimum absolute atomic E-state index is 0.135. The van der Waals surface area contributed by atoms with Crippen LogP contribution in [0.4, 0.5) is 11.4 Å². The Morgan fingerprint density at radius 1 is 0.821 bits per heavy atom. The summed E-state index contributed by atoms with van der Waals surface area (Å²) >= 11 is 0. The average Bonchev–Trinajstić information content (AvgIpc) is 2.67. The molecule has 140 valence electrons. The van der Waals surface area contributed by atoms with Gasteiger partial charge in [-0.1, -0.05) is 48.5 Å². The van der Waals surface area contributed by atoms with Gasteiger partial charge in [0.05, 0.1) is 10.6 Å². The van der Waals surface area contributed by atoms with Crippen molar-refractivity contribution in [1.82, 2.24) is 0 Å². The van der Waals surface area contributed by atoms with Crippen LogP contribution in [0.1, 0.15) is 21.5 Å². The minimum atomic E-state index is -3.92. The molecule has 0 N–H and O–H groups in total. The molecule has 0 bridgehead atoms. The van der Waals surface area contributed by atoms with Crippen LogP contribution in [0.25, 0.3) is 0 Å². The first-order valence-corrected chi connectivity index (χ1v) is 10.4. The van der Waals surface area contributed by atoms with Gasteiger partial charge in [0.1, 0.15) is 4.91 Å². The first kappa shape index (κ1) is 18.2. The van der Waals surface area contributed by atoms with Crippen LogP contribution >= 0.6 is 0 Å². The van der Waals surface area contributed by atoms with Crippen LogP contribution < -0.4 is 4.90 Å². The van der Waals surface area contributed by atoms with Crippen molar-refractivity contribution >= 4 is 27.0 Å². The van der Waals surface area contributed by atoms with Gasteiger partial charge in [-0.25, -0.2) is 8.42 Å². The van der Waals surface area contributed by atoms with E-state index in [4.69, 9.17) is 0 Å². The Kier molecular flexibility index (Phi) is 4.40. The van der Waals surface area contributed by atoms with Crippen LogP contribution in [0.3, 0.4) is 0 Å². The Bertz CT molecular complexity index is 1190. The summed E-state index contributed by atoms with van der Waals surface area (Å²) in [5, 5.41) is 0. The van der Waals surface area contributed by atoms with Crippen molar-refractivity contribution in [2.24, 2.45) is 0 Å². The van der Waals surface area contributed by atoms with E-state index in [1.54, 1.807) is 59.5 Å². The van der Waals surface area contributed by atoms with Crippen LogP contribution in [0.2, 0.25) is 0 Å². The number of hydrogen-bond acceptors (Lipinski definition) is 4. The van der Waals surface area contributed by atoms with Gasteiger partial charge < -0.3 is 4.90 Å². The number of Topliss-reactive ketones (excluding diaryl/α,β-unsaturated/α-hetero) is 1. The zero-order chi connectivity index (χ0) is 19.9. The highest BCUT2D eigenvalue weighted by molar-refractivity contribution is 7.96. The monoisotopic (exact) mass is 389 g/mol. The van der Waals surface area contributed by atoms with Crippen molar-refractivity contribution in [3.63, 3.8) is 0 Å². The zero-order valence-electron chi connectivity index (χ0n) is 15.6. The fourth-order valence-electron chi connectivity index (χ4n) is 3.47. The van der Waals surface area contributed by atoms with Crippen molar-refractivity contribution in [2.45, 2.75) is 18.7 Å². The van der Waals surface area contributed by atoms with E-state index in [1.165, 1.54) is 6.20 Å². The summed E-state index contributed by atoms with van der Waals surface area (Å²) in [6, 6.07) is 21.3. The normalized spacial score (nSPS) is 14.9. The molecule has 0 radical (unpaired) electrons. The van der Waals surface area contributed by atoms with E-state index < -0.39 is 15.6 Å². The van der Waals surface area contributed by atoms with Crippen molar-refractivity contribution in [1.29, 1.82) is 0 Å². The van der Waals surface area contributed by atoms with E-state index in [9.17, 15) is 13.2 Å². The van der Waals surface area contributed by atoms with Gasteiger partial charge >= 0.3 is 0 Å². The summed E-state index contributed by atoms with van der Waals surface area (Å²) in [4.78, 5) is 14.8. The Morgan fingerprint density at radius 2 is 1.43 bits per heavy atom. The quantitative estimate of drug-likeness (QED) is 0.595. The smallest absolute Gasteiger partial charge is 0.214 e. The standard InChI is InChI=1S/C23H19NO3S/c1-16-12-17(2)14-19(13-16)24-15-22(23(25)18-8-4-3-5-9-18)28(26,27)21-11-7-6-10-20(21)24/h3-15H,1-2H3. The Labute approximate surface area is 164 Å². The molecular weight excluding hydrogens is 370 g/mol. The molecule has 1 aliphatic rings. The second kappa shape index (κ2) is 6.77. The minimum Gasteiger partial charge on any atom is -0.314 e. The number of allylic oxidation sites excluding steroid dienone is 1. The number of anilines is 2. The predicted octanol–water partition coefficient (Wildman–Crippen LogP) is 4.95. The van der Waals surface area contributed by atoms with Gasteiger partial charge in [0.2, 0.25) is 15.6 Å². The third-order valence-electron chi connectivity index (χ3n) is 4.69. The lowest BCUT2D eigenvalue weighted by Gasteiger charge is -2.29. The van der Waals surface area contributed by atoms with Gasteiger partial charge in [-0.05, 0) is 49.2 Å². The Hall–Kier alpha value is -3.18. The van der Waals surface area contributed by atoms with Crippen molar-refractivity contribution < 1.29 is 13.2 Å². The first-order valence-electron chi connectivity index (χ1n) is 8.91. The summed E-state index contributed by atoms with van der Waals surface area (Å²) in [5.74, 6) is -0.510. The third kappa shape index (κ3) is 3.04. The fraction of sp³-hybridized carbons (Fsp3) is 0.0870. The number of carbonyl (C=O) groups excluding carboxylic acids is 1. The molecule has 0 fully saturated rings. The molecule has 0 spiro atoms. The number of carbonyl (C=O) groups is 1. The number of ketones is 1. The number of rotatable bonds is 3. The second-order valence-electron chi connectivity index (χ2n) is 6.88. The molecule has 3 aromatic rings. The number of para-hydroxylation sites is 1. The summed E-state index contributed by atoms with van der Waals surface area (Å²) in [7, 11) is -3.92. The average molecular weight is 389 g/mol. The number of sulfone groups is 1. The van der Waals surface area contributed by atoms with Gasteiger partial charge in [-0.15, -0.1) is 0 Å². The van der Waals surface area contributed by atoms with Crippen LogP contribution in [-0.2, 0) is 9.84 Å². The highest BCUT2D eigenvalue weighted by Crippen LogP contribution is 2.40. The molecule has 0 amide bonds. The number of nitrogens with zero attached hydrogens (tertiary/aromatic N) is 1. The van der Waals surface area contributed by atoms with Crippen LogP contribution in [0.5, 0.6) is 0 Å². The largest absolute Gasteiger partial charge is 0.314 e. The number of hydrogen-bond donors (Lipinski definition) is 0. The topological polar surface area (TPSA) is 54.5 Å². The molecule has 4 rings (SSSR count). The third-order valence-corrected chi connectivity index (χ3v) is 6.49. The highest BCUT2D eigenvalue weighted by Gasteiger charge is 2.36. The van der Waals surface area contributed by atoms with Gasteiger partial charge in [-0.3, -0.25) is 4.79 Å². The van der Waals surface area contributed by atoms with Crippen LogP contribution in [0, 0.1) is 13.8 Å². The molecule has 3 aromatic carbocycles. The van der Waals surface area contributed by atoms with E-state index >= 15 is 0 Å². The molecule has 4 nitrogen and oxygen atoms in total. The van der Waals surface area contributed by atoms with Crippen LogP contribution in [0.15, 0.2) is 88.8 Å². The molecule has 0 aromatic heterocycles. The molecule has 0 saturated carbocycles. The van der Waals surface area contributed by atoms with E-state index in [0.717, 1.165) is 16.8 Å². The number of aryl methyl sites for hydroxylation is 2. The highest BCUT2D eigenvalue weighted by atomic mass is 32.2. The molecule has 0 unspecified atom stereocenters. The lowest BCUT2D eigenvalue weighted by Crippen LogP contribution is -2.25. The maximum absolute atomic E-state index is 13.2. The molecule has 0 aliphatic carbocycles. The van der Waals surface area contributed by atoms with Gasteiger partial charge in [0.25, 0.3) is 0 Å². The Balaban J connectivity index is 1.95. The molecule has 1 aliphatic heterocycles. The summed E-state index contributed by atoms with van der Waals surface area (Å²) in [5.41, 5.74) is 3.82.